The highest BCUT2D eigenvalue weighted by molar-refractivity contribution is 6.35. The minimum atomic E-state index is 0.304. The first kappa shape index (κ1) is 23.4. The van der Waals surface area contributed by atoms with Crippen molar-refractivity contribution in [3.8, 4) is 0 Å². The fourth-order valence-electron chi connectivity index (χ4n) is 4.43. The average Bonchev–Trinajstić information content (AvgIpc) is 2.71. The molecule has 1 fully saturated rings. The first-order valence-electron chi connectivity index (χ1n) is 11.4. The zero-order valence-electron chi connectivity index (χ0n) is 18.6. The lowest BCUT2D eigenvalue weighted by molar-refractivity contribution is 0.334. The summed E-state index contributed by atoms with van der Waals surface area (Å²) >= 11 is 12.8. The highest BCUT2D eigenvalue weighted by Crippen LogP contribution is 2.41. The van der Waals surface area contributed by atoms with E-state index in [4.69, 9.17) is 23.2 Å². The van der Waals surface area contributed by atoms with Crippen LogP contribution in [0, 0.1) is 18.8 Å². The maximum Gasteiger partial charge on any atom is 0.0557 e. The molecular weight excluding hydrogens is 411 g/mol. The maximum atomic E-state index is 6.61. The highest BCUT2D eigenvalue weighted by atomic mass is 35.5. The SMILES string of the molecule is Cc1ccc(N2C[C@H](CCCNCCC(C)C)CC[C@H]2c2ccc(Cl)cc2Cl)cc1. The molecule has 0 spiro atoms. The molecule has 2 nitrogen and oxygen atoms in total. The molecule has 1 heterocycles. The van der Waals surface area contributed by atoms with Crippen molar-refractivity contribution < 1.29 is 0 Å². The Balaban J connectivity index is 1.66. The van der Waals surface area contributed by atoms with E-state index < -0.39 is 0 Å². The molecule has 1 saturated heterocycles. The predicted molar refractivity (Wildman–Crippen MR) is 132 cm³/mol. The molecule has 0 amide bonds. The van der Waals surface area contributed by atoms with E-state index in [0.717, 1.165) is 42.9 Å². The Labute approximate surface area is 193 Å². The zero-order valence-corrected chi connectivity index (χ0v) is 20.1. The van der Waals surface area contributed by atoms with Crippen LogP contribution in [-0.4, -0.2) is 19.6 Å². The molecule has 4 heteroatoms. The van der Waals surface area contributed by atoms with E-state index in [1.54, 1.807) is 0 Å². The summed E-state index contributed by atoms with van der Waals surface area (Å²) in [5.74, 6) is 1.50. The smallest absolute Gasteiger partial charge is 0.0557 e. The van der Waals surface area contributed by atoms with Crippen molar-refractivity contribution in [3.63, 3.8) is 0 Å². The lowest BCUT2D eigenvalue weighted by Crippen LogP contribution is -2.38. The molecule has 0 saturated carbocycles. The highest BCUT2D eigenvalue weighted by Gasteiger charge is 2.30. The number of rotatable bonds is 9. The second-order valence-electron chi connectivity index (χ2n) is 9.19. The Hall–Kier alpha value is -1.22. The van der Waals surface area contributed by atoms with Crippen molar-refractivity contribution in [2.45, 2.75) is 58.9 Å². The molecule has 164 valence electrons. The predicted octanol–water partition coefficient (Wildman–Crippen LogP) is 7.68. The Bertz CT molecular complexity index is 788. The normalized spacial score (nSPS) is 19.5. The maximum absolute atomic E-state index is 6.61. The second-order valence-corrected chi connectivity index (χ2v) is 10.0. The molecule has 1 aliphatic heterocycles. The summed E-state index contributed by atoms with van der Waals surface area (Å²) in [6, 6.07) is 15.2. The number of aryl methyl sites for hydroxylation is 1. The summed E-state index contributed by atoms with van der Waals surface area (Å²) < 4.78 is 0. The number of hydrogen-bond donors (Lipinski definition) is 1. The van der Waals surface area contributed by atoms with Gasteiger partial charge in [0.2, 0.25) is 0 Å². The van der Waals surface area contributed by atoms with Crippen molar-refractivity contribution in [1.29, 1.82) is 0 Å². The quantitative estimate of drug-likeness (QED) is 0.397. The third kappa shape index (κ3) is 6.64. The van der Waals surface area contributed by atoms with Crippen LogP contribution >= 0.6 is 23.2 Å². The van der Waals surface area contributed by atoms with Crippen LogP contribution in [-0.2, 0) is 0 Å². The summed E-state index contributed by atoms with van der Waals surface area (Å²) in [5, 5.41) is 5.08. The molecule has 2 atom stereocenters. The number of piperidine rings is 1. The summed E-state index contributed by atoms with van der Waals surface area (Å²) in [7, 11) is 0. The Kier molecular flexibility index (Phi) is 8.92. The molecule has 0 aliphatic carbocycles. The molecule has 3 rings (SSSR count). The van der Waals surface area contributed by atoms with Crippen molar-refractivity contribution in [1.82, 2.24) is 5.32 Å². The standard InChI is InChI=1S/C26H36Cl2N2/c1-19(2)14-16-29-15-4-5-21-8-13-26(24-12-9-22(27)17-25(24)28)30(18-21)23-10-6-20(3)7-11-23/h6-7,9-12,17,19,21,26,29H,4-5,8,13-16,18H2,1-3H3/t21-,26+/m1/s1. The van der Waals surface area contributed by atoms with E-state index in [1.165, 1.54) is 42.5 Å². The van der Waals surface area contributed by atoms with E-state index in [2.05, 4.69) is 61.3 Å². The first-order valence-corrected chi connectivity index (χ1v) is 12.2. The van der Waals surface area contributed by atoms with Crippen LogP contribution in [0.2, 0.25) is 10.0 Å². The van der Waals surface area contributed by atoms with Crippen LogP contribution in [0.1, 0.15) is 63.1 Å². The van der Waals surface area contributed by atoms with Crippen LogP contribution in [0.15, 0.2) is 42.5 Å². The van der Waals surface area contributed by atoms with Crippen LogP contribution in [0.4, 0.5) is 5.69 Å². The number of anilines is 1. The van der Waals surface area contributed by atoms with Gasteiger partial charge in [-0.3, -0.25) is 0 Å². The lowest BCUT2D eigenvalue weighted by atomic mass is 9.86. The first-order chi connectivity index (χ1) is 14.4. The van der Waals surface area contributed by atoms with E-state index in [1.807, 2.05) is 12.1 Å². The van der Waals surface area contributed by atoms with E-state index in [-0.39, 0.29) is 0 Å². The minimum Gasteiger partial charge on any atom is -0.364 e. The van der Waals surface area contributed by atoms with Crippen LogP contribution in [0.25, 0.3) is 0 Å². The van der Waals surface area contributed by atoms with Gasteiger partial charge in [-0.15, -0.1) is 0 Å². The van der Waals surface area contributed by atoms with Gasteiger partial charge in [-0.25, -0.2) is 0 Å². The van der Waals surface area contributed by atoms with Gasteiger partial charge in [0, 0.05) is 22.3 Å². The van der Waals surface area contributed by atoms with Gasteiger partial charge in [-0.05, 0) is 93.8 Å². The molecule has 0 radical (unpaired) electrons. The van der Waals surface area contributed by atoms with Gasteiger partial charge in [-0.2, -0.15) is 0 Å². The van der Waals surface area contributed by atoms with Crippen molar-refractivity contribution >= 4 is 28.9 Å². The molecule has 1 aliphatic rings. The van der Waals surface area contributed by atoms with Gasteiger partial charge in [-0.1, -0.05) is 60.8 Å². The number of nitrogens with one attached hydrogen (secondary N) is 1. The summed E-state index contributed by atoms with van der Waals surface area (Å²) in [4.78, 5) is 2.56. The van der Waals surface area contributed by atoms with Gasteiger partial charge in [0.25, 0.3) is 0 Å². The summed E-state index contributed by atoms with van der Waals surface area (Å²) in [5.41, 5.74) is 3.77. The van der Waals surface area contributed by atoms with E-state index in [0.29, 0.717) is 11.1 Å². The Morgan fingerprint density at radius 2 is 1.80 bits per heavy atom. The van der Waals surface area contributed by atoms with Crippen molar-refractivity contribution in [2.75, 3.05) is 24.5 Å². The monoisotopic (exact) mass is 446 g/mol. The topological polar surface area (TPSA) is 15.3 Å². The zero-order chi connectivity index (χ0) is 21.5. The van der Waals surface area contributed by atoms with E-state index in [9.17, 15) is 0 Å². The number of halogens is 2. The third-order valence-electron chi connectivity index (χ3n) is 6.23. The third-order valence-corrected chi connectivity index (χ3v) is 6.79. The number of hydrogen-bond acceptors (Lipinski definition) is 2. The molecular formula is C26H36Cl2N2. The van der Waals surface area contributed by atoms with Gasteiger partial charge >= 0.3 is 0 Å². The minimum absolute atomic E-state index is 0.304. The molecule has 1 N–H and O–H groups in total. The molecule has 2 aromatic rings. The Morgan fingerprint density at radius 1 is 1.03 bits per heavy atom. The van der Waals surface area contributed by atoms with Crippen molar-refractivity contribution in [3.05, 3.63) is 63.6 Å². The van der Waals surface area contributed by atoms with Crippen LogP contribution in [0.3, 0.4) is 0 Å². The van der Waals surface area contributed by atoms with E-state index >= 15 is 0 Å². The number of benzene rings is 2. The molecule has 30 heavy (non-hydrogen) atoms. The van der Waals surface area contributed by atoms with Gasteiger partial charge < -0.3 is 10.2 Å². The number of nitrogens with zero attached hydrogens (tertiary/aromatic N) is 1. The summed E-state index contributed by atoms with van der Waals surface area (Å²) in [6.45, 7) is 10.1. The fourth-order valence-corrected chi connectivity index (χ4v) is 4.96. The molecule has 2 aromatic carbocycles. The lowest BCUT2D eigenvalue weighted by Gasteiger charge is -2.42. The largest absolute Gasteiger partial charge is 0.364 e. The van der Waals surface area contributed by atoms with Crippen molar-refractivity contribution in [2.24, 2.45) is 11.8 Å². The van der Waals surface area contributed by atoms with Gasteiger partial charge in [0.05, 0.1) is 6.04 Å². The Morgan fingerprint density at radius 3 is 2.50 bits per heavy atom. The van der Waals surface area contributed by atoms with Gasteiger partial charge in [0.1, 0.15) is 0 Å². The molecule has 0 unspecified atom stereocenters. The van der Waals surface area contributed by atoms with Crippen LogP contribution in [0.5, 0.6) is 0 Å². The fraction of sp³-hybridized carbons (Fsp3) is 0.538. The molecule has 0 aromatic heterocycles. The average molecular weight is 447 g/mol. The second kappa shape index (κ2) is 11.4. The van der Waals surface area contributed by atoms with Gasteiger partial charge in [0.15, 0.2) is 0 Å². The summed E-state index contributed by atoms with van der Waals surface area (Å²) in [6.07, 6.45) is 6.15. The van der Waals surface area contributed by atoms with Crippen LogP contribution < -0.4 is 10.2 Å². The molecule has 0 bridgehead atoms.